The van der Waals surface area contributed by atoms with Crippen molar-refractivity contribution < 1.29 is 19.1 Å². The van der Waals surface area contributed by atoms with Crippen LogP contribution in [-0.4, -0.2) is 120 Å². The second-order valence-electron chi connectivity index (χ2n) is 13.0. The van der Waals surface area contributed by atoms with Gasteiger partial charge < -0.3 is 24.6 Å². The first-order chi connectivity index (χ1) is 22.3. The Morgan fingerprint density at radius 1 is 0.957 bits per heavy atom. The third kappa shape index (κ3) is 7.16. The number of anilines is 1. The fraction of sp³-hybridized carbons (Fsp3) is 0.559. The van der Waals surface area contributed by atoms with E-state index in [9.17, 15) is 14.4 Å². The summed E-state index contributed by atoms with van der Waals surface area (Å²) in [6.07, 6.45) is 4.49. The highest BCUT2D eigenvalue weighted by Crippen LogP contribution is 2.40. The molecule has 4 aliphatic rings. The first-order valence-electron chi connectivity index (χ1n) is 16.4. The summed E-state index contributed by atoms with van der Waals surface area (Å²) in [7, 11) is 2.18. The number of halogens is 2. The average Bonchev–Trinajstić information content (AvgIpc) is 3.23. The molecule has 46 heavy (non-hydrogen) atoms. The molecule has 0 bridgehead atoms. The van der Waals surface area contributed by atoms with Crippen molar-refractivity contribution in [2.45, 2.75) is 62.9 Å². The largest absolute Gasteiger partial charge is 0.445 e. The van der Waals surface area contributed by atoms with Crippen LogP contribution in [0.1, 0.15) is 43.2 Å². The number of hydrogen-bond donors (Lipinski definition) is 1. The summed E-state index contributed by atoms with van der Waals surface area (Å²) in [4.78, 5) is 51.2. The standard InChI is InChI=1S/C34H44Br2N6O4/c1-38-17-19-39(20-18-38)27-9-13-40(14-10-27)34(12-21-43)23-28(41-15-8-26-4-2-3-5-31(26)37-32(41)44)11-16-42(34)33(45)46-24-25-6-7-29(35)30(36)22-25/h2-7,21-22,27-28H,8-20,23-24H2,1H3,(H,37,44)/t28-,34+/m1/s1. The predicted molar refractivity (Wildman–Crippen MR) is 185 cm³/mol. The molecule has 0 aromatic heterocycles. The van der Waals surface area contributed by atoms with Crippen LogP contribution in [0.15, 0.2) is 51.4 Å². The molecule has 0 saturated carbocycles. The van der Waals surface area contributed by atoms with Gasteiger partial charge in [0.2, 0.25) is 0 Å². The number of aldehydes is 1. The average molecular weight is 761 g/mol. The lowest BCUT2D eigenvalue weighted by atomic mass is 9.84. The van der Waals surface area contributed by atoms with Crippen molar-refractivity contribution in [1.82, 2.24) is 24.5 Å². The Morgan fingerprint density at radius 2 is 1.70 bits per heavy atom. The Labute approximate surface area is 288 Å². The lowest BCUT2D eigenvalue weighted by Crippen LogP contribution is -2.70. The van der Waals surface area contributed by atoms with Gasteiger partial charge in [-0.15, -0.1) is 0 Å². The number of ether oxygens (including phenoxy) is 1. The van der Waals surface area contributed by atoms with Crippen molar-refractivity contribution in [2.75, 3.05) is 64.7 Å². The maximum Gasteiger partial charge on any atom is 0.411 e. The molecule has 0 radical (unpaired) electrons. The van der Waals surface area contributed by atoms with Crippen molar-refractivity contribution in [3.63, 3.8) is 0 Å². The number of rotatable bonds is 7. The van der Waals surface area contributed by atoms with Gasteiger partial charge in [0.1, 0.15) is 18.6 Å². The van der Waals surface area contributed by atoms with Crippen LogP contribution in [0, 0.1) is 0 Å². The number of carbonyl (C=O) groups excluding carboxylic acids is 3. The smallest absolute Gasteiger partial charge is 0.411 e. The second kappa shape index (κ2) is 14.7. The molecule has 6 rings (SSSR count). The van der Waals surface area contributed by atoms with E-state index in [1.54, 1.807) is 4.90 Å². The minimum atomic E-state index is -0.880. The molecule has 2 atom stereocenters. The molecule has 248 valence electrons. The number of likely N-dealkylation sites (tertiary alicyclic amines) is 2. The van der Waals surface area contributed by atoms with Crippen LogP contribution >= 0.6 is 31.9 Å². The Kier molecular flexibility index (Phi) is 10.7. The van der Waals surface area contributed by atoms with Gasteiger partial charge >= 0.3 is 12.1 Å². The van der Waals surface area contributed by atoms with Crippen molar-refractivity contribution in [3.05, 3.63) is 62.5 Å². The van der Waals surface area contributed by atoms with Crippen LogP contribution in [0.2, 0.25) is 0 Å². The quantitative estimate of drug-likeness (QED) is 0.379. The van der Waals surface area contributed by atoms with Crippen molar-refractivity contribution in [2.24, 2.45) is 0 Å². The summed E-state index contributed by atoms with van der Waals surface area (Å²) >= 11 is 7.03. The van der Waals surface area contributed by atoms with E-state index in [-0.39, 0.29) is 25.1 Å². The fourth-order valence-corrected chi connectivity index (χ4v) is 8.46. The Morgan fingerprint density at radius 3 is 2.43 bits per heavy atom. The first-order valence-corrected chi connectivity index (χ1v) is 18.0. The van der Waals surface area contributed by atoms with E-state index in [0.29, 0.717) is 32.0 Å². The van der Waals surface area contributed by atoms with Crippen molar-refractivity contribution >= 4 is 56.0 Å². The normalized spacial score (nSPS) is 25.5. The van der Waals surface area contributed by atoms with E-state index in [2.05, 4.69) is 65.0 Å². The monoisotopic (exact) mass is 758 g/mol. The number of likely N-dealkylation sites (N-methyl/N-ethyl adjacent to an activating group) is 1. The van der Waals surface area contributed by atoms with Crippen LogP contribution in [0.3, 0.4) is 0 Å². The summed E-state index contributed by atoms with van der Waals surface area (Å²) in [5.74, 6) is 0. The van der Waals surface area contributed by atoms with Gasteiger partial charge in [0.15, 0.2) is 0 Å². The Hall–Kier alpha value is -2.51. The van der Waals surface area contributed by atoms with Gasteiger partial charge in [0, 0.05) is 91.9 Å². The SMILES string of the molecule is CN1CCN(C2CCN([C@]3(CC=O)C[C@H](N4CCc5ccccc5NC4=O)CCN3C(=O)OCc3ccc(Br)c(Br)c3)CC2)CC1. The van der Waals surface area contributed by atoms with Crippen molar-refractivity contribution in [1.29, 1.82) is 0 Å². The molecule has 4 heterocycles. The van der Waals surface area contributed by atoms with Crippen LogP contribution in [0.5, 0.6) is 0 Å². The van der Waals surface area contributed by atoms with Crippen LogP contribution in [0.4, 0.5) is 15.3 Å². The molecule has 0 spiro atoms. The number of benzene rings is 2. The molecule has 0 unspecified atom stereocenters. The van der Waals surface area contributed by atoms with Gasteiger partial charge in [-0.1, -0.05) is 24.3 Å². The fourth-order valence-electron chi connectivity index (χ4n) is 7.78. The van der Waals surface area contributed by atoms with Crippen LogP contribution in [-0.2, 0) is 22.6 Å². The Bertz CT molecular complexity index is 1410. The number of urea groups is 1. The second-order valence-corrected chi connectivity index (χ2v) is 14.8. The number of amides is 3. The molecule has 3 saturated heterocycles. The summed E-state index contributed by atoms with van der Waals surface area (Å²) in [5, 5.41) is 3.12. The molecule has 0 aliphatic carbocycles. The lowest BCUT2D eigenvalue weighted by molar-refractivity contribution is -0.128. The van der Waals surface area contributed by atoms with Crippen LogP contribution < -0.4 is 5.32 Å². The van der Waals surface area contributed by atoms with E-state index in [1.165, 1.54) is 0 Å². The van der Waals surface area contributed by atoms with Gasteiger partial charge in [-0.2, -0.15) is 0 Å². The third-order valence-electron chi connectivity index (χ3n) is 10.4. The summed E-state index contributed by atoms with van der Waals surface area (Å²) < 4.78 is 7.76. The van der Waals surface area contributed by atoms with Crippen LogP contribution in [0.25, 0.3) is 0 Å². The first kappa shape index (κ1) is 33.4. The zero-order chi connectivity index (χ0) is 32.3. The molecule has 3 amide bonds. The van der Waals surface area contributed by atoms with E-state index in [1.807, 2.05) is 41.3 Å². The highest BCUT2D eigenvalue weighted by atomic mass is 79.9. The molecule has 2 aromatic rings. The molecule has 12 heteroatoms. The number of nitrogens with one attached hydrogen (secondary N) is 1. The minimum Gasteiger partial charge on any atom is -0.445 e. The maximum atomic E-state index is 14.0. The lowest BCUT2D eigenvalue weighted by Gasteiger charge is -2.57. The highest BCUT2D eigenvalue weighted by molar-refractivity contribution is 9.13. The minimum absolute atomic E-state index is 0.124. The number of para-hydroxylation sites is 1. The van der Waals surface area contributed by atoms with Gasteiger partial charge in [-0.3, -0.25) is 14.7 Å². The molecule has 3 fully saturated rings. The zero-order valence-corrected chi connectivity index (χ0v) is 29.7. The highest BCUT2D eigenvalue weighted by Gasteiger charge is 2.52. The molecule has 10 nitrogen and oxygen atoms in total. The molecule has 2 aromatic carbocycles. The number of piperazine rings is 1. The number of nitrogens with zero attached hydrogens (tertiary/aromatic N) is 5. The predicted octanol–water partition coefficient (Wildman–Crippen LogP) is 5.40. The summed E-state index contributed by atoms with van der Waals surface area (Å²) in [6.45, 7) is 6.95. The van der Waals surface area contributed by atoms with E-state index in [4.69, 9.17) is 4.74 Å². The molecular weight excluding hydrogens is 716 g/mol. The van der Waals surface area contributed by atoms with E-state index < -0.39 is 11.8 Å². The zero-order valence-electron chi connectivity index (χ0n) is 26.5. The maximum absolute atomic E-state index is 14.0. The topological polar surface area (TPSA) is 88.7 Å². The number of fused-ring (bicyclic) bond motifs is 1. The number of hydrogen-bond acceptors (Lipinski definition) is 7. The van der Waals surface area contributed by atoms with E-state index >= 15 is 0 Å². The summed E-state index contributed by atoms with van der Waals surface area (Å²) in [5.41, 5.74) is 1.95. The van der Waals surface area contributed by atoms with E-state index in [0.717, 1.165) is 90.6 Å². The Balaban J connectivity index is 1.23. The van der Waals surface area contributed by atoms with Gasteiger partial charge in [-0.25, -0.2) is 9.59 Å². The number of carbonyl (C=O) groups is 3. The molecule has 1 N–H and O–H groups in total. The summed E-state index contributed by atoms with van der Waals surface area (Å²) in [6, 6.07) is 14.0. The van der Waals surface area contributed by atoms with Gasteiger partial charge in [0.25, 0.3) is 0 Å². The molecule has 4 aliphatic heterocycles. The van der Waals surface area contributed by atoms with Gasteiger partial charge in [-0.05, 0) is 93.9 Å². The number of piperidine rings is 2. The molecular formula is C34H44Br2N6O4. The van der Waals surface area contributed by atoms with Gasteiger partial charge in [0.05, 0.1) is 0 Å². The third-order valence-corrected chi connectivity index (χ3v) is 12.3. The van der Waals surface area contributed by atoms with Crippen molar-refractivity contribution in [3.8, 4) is 0 Å².